The van der Waals surface area contributed by atoms with Crippen LogP contribution < -0.4 is 14.2 Å². The number of hydrogen-bond donors (Lipinski definition) is 1. The van der Waals surface area contributed by atoms with Crippen LogP contribution in [0.25, 0.3) is 5.76 Å². The molecule has 0 aliphatic carbocycles. The van der Waals surface area contributed by atoms with Gasteiger partial charge in [-0.2, -0.15) is 0 Å². The number of aliphatic hydroxyl groups is 1. The molecule has 1 N–H and O–H groups in total. The third-order valence-corrected chi connectivity index (χ3v) is 8.00. The SMILES string of the molecule is CCN(CC)CCN1C(=O)C(=O)/C(=C(\O)c2ccc3c(c2)CC(C)O3)C1c1ccc(OCc2ccccc2)c(OC)c1. The Balaban J connectivity index is 1.54. The van der Waals surface area contributed by atoms with Crippen molar-refractivity contribution in [3.05, 3.63) is 94.6 Å². The third kappa shape index (κ3) is 5.85. The molecule has 0 bridgehead atoms. The highest BCUT2D eigenvalue weighted by molar-refractivity contribution is 6.46. The summed E-state index contributed by atoms with van der Waals surface area (Å²) >= 11 is 0. The van der Waals surface area contributed by atoms with Crippen molar-refractivity contribution >= 4 is 17.4 Å². The van der Waals surface area contributed by atoms with Crippen LogP contribution in [0.4, 0.5) is 0 Å². The molecule has 2 aliphatic heterocycles. The summed E-state index contributed by atoms with van der Waals surface area (Å²) in [6, 6.07) is 19.8. The number of rotatable bonds is 11. The fourth-order valence-corrected chi connectivity index (χ4v) is 5.68. The first kappa shape index (κ1) is 29.2. The zero-order valence-electron chi connectivity index (χ0n) is 24.6. The molecule has 1 fully saturated rings. The van der Waals surface area contributed by atoms with Crippen LogP contribution in [0.3, 0.4) is 0 Å². The van der Waals surface area contributed by atoms with E-state index in [1.807, 2.05) is 49.4 Å². The molecule has 8 heteroatoms. The van der Waals surface area contributed by atoms with Crippen molar-refractivity contribution in [2.45, 2.75) is 45.9 Å². The predicted octanol–water partition coefficient (Wildman–Crippen LogP) is 5.36. The lowest BCUT2D eigenvalue weighted by molar-refractivity contribution is -0.140. The van der Waals surface area contributed by atoms with Crippen molar-refractivity contribution in [2.24, 2.45) is 0 Å². The summed E-state index contributed by atoms with van der Waals surface area (Å²) in [5, 5.41) is 11.6. The number of methoxy groups -OCH3 is 1. The van der Waals surface area contributed by atoms with Gasteiger partial charge in [0.1, 0.15) is 24.2 Å². The van der Waals surface area contributed by atoms with Gasteiger partial charge in [-0.25, -0.2) is 0 Å². The number of aliphatic hydroxyl groups excluding tert-OH is 1. The van der Waals surface area contributed by atoms with Gasteiger partial charge in [-0.05, 0) is 67.0 Å². The smallest absolute Gasteiger partial charge is 0.295 e. The standard InChI is InChI=1S/C34H38N2O6/c1-5-35(6-2)16-17-36-31(24-12-15-28(29(20-24)40-4)41-21-23-10-8-7-9-11-23)30(33(38)34(36)39)32(37)25-13-14-27-26(19-25)18-22(3)42-27/h7-15,19-20,22,31,37H,5-6,16-18,21H2,1-4H3/b32-30-. The molecule has 1 amide bonds. The lowest BCUT2D eigenvalue weighted by Crippen LogP contribution is -2.38. The van der Waals surface area contributed by atoms with Crippen molar-refractivity contribution in [1.82, 2.24) is 9.80 Å². The zero-order valence-corrected chi connectivity index (χ0v) is 24.6. The molecule has 42 heavy (non-hydrogen) atoms. The number of nitrogens with zero attached hydrogens (tertiary/aromatic N) is 2. The number of benzene rings is 3. The number of ketones is 1. The maximum Gasteiger partial charge on any atom is 0.295 e. The summed E-state index contributed by atoms with van der Waals surface area (Å²) in [5.74, 6) is 0.251. The molecule has 8 nitrogen and oxygen atoms in total. The molecule has 2 aliphatic rings. The van der Waals surface area contributed by atoms with Crippen LogP contribution in [0, 0.1) is 0 Å². The highest BCUT2D eigenvalue weighted by atomic mass is 16.5. The number of carbonyl (C=O) groups is 2. The van der Waals surface area contributed by atoms with Crippen LogP contribution in [-0.2, 0) is 22.6 Å². The van der Waals surface area contributed by atoms with Crippen LogP contribution in [0.1, 0.15) is 49.1 Å². The Hall–Kier alpha value is -4.30. The van der Waals surface area contributed by atoms with Crippen LogP contribution in [0.2, 0.25) is 0 Å². The van der Waals surface area contributed by atoms with Gasteiger partial charge >= 0.3 is 0 Å². The lowest BCUT2D eigenvalue weighted by Gasteiger charge is -2.28. The first-order valence-corrected chi connectivity index (χ1v) is 14.5. The van der Waals surface area contributed by atoms with E-state index in [0.717, 1.165) is 30.0 Å². The molecule has 2 atom stereocenters. The number of likely N-dealkylation sites (N-methyl/N-ethyl adjacent to an activating group) is 1. The molecule has 3 aromatic rings. The molecule has 2 heterocycles. The van der Waals surface area contributed by atoms with E-state index in [1.165, 1.54) is 0 Å². The van der Waals surface area contributed by atoms with E-state index >= 15 is 0 Å². The number of amides is 1. The molecule has 5 rings (SSSR count). The number of hydrogen-bond acceptors (Lipinski definition) is 7. The predicted molar refractivity (Wildman–Crippen MR) is 161 cm³/mol. The zero-order chi connectivity index (χ0) is 29.8. The van der Waals surface area contributed by atoms with E-state index in [9.17, 15) is 14.7 Å². The Morgan fingerprint density at radius 3 is 2.50 bits per heavy atom. The van der Waals surface area contributed by atoms with Gasteiger partial charge in [-0.3, -0.25) is 9.59 Å². The van der Waals surface area contributed by atoms with E-state index < -0.39 is 17.7 Å². The average Bonchev–Trinajstić information content (AvgIpc) is 3.51. The fraction of sp³-hybridized carbons (Fsp3) is 0.353. The van der Waals surface area contributed by atoms with Gasteiger partial charge in [0.25, 0.3) is 11.7 Å². The van der Waals surface area contributed by atoms with Crippen molar-refractivity contribution in [3.8, 4) is 17.2 Å². The topological polar surface area (TPSA) is 88.5 Å². The summed E-state index contributed by atoms with van der Waals surface area (Å²) in [6.45, 7) is 9.04. The summed E-state index contributed by atoms with van der Waals surface area (Å²) in [6.07, 6.45) is 0.748. The minimum absolute atomic E-state index is 0.0399. The summed E-state index contributed by atoms with van der Waals surface area (Å²) in [4.78, 5) is 30.8. The first-order chi connectivity index (χ1) is 20.3. The second-order valence-corrected chi connectivity index (χ2v) is 10.7. The first-order valence-electron chi connectivity index (χ1n) is 14.5. The maximum absolute atomic E-state index is 13.6. The van der Waals surface area contributed by atoms with Gasteiger partial charge in [0.15, 0.2) is 11.5 Å². The molecular formula is C34H38N2O6. The monoisotopic (exact) mass is 570 g/mol. The number of carbonyl (C=O) groups excluding carboxylic acids is 2. The summed E-state index contributed by atoms with van der Waals surface area (Å²) in [5.41, 5.74) is 3.17. The van der Waals surface area contributed by atoms with Gasteiger partial charge in [-0.15, -0.1) is 0 Å². The Morgan fingerprint density at radius 2 is 1.79 bits per heavy atom. The Morgan fingerprint density at radius 1 is 1.02 bits per heavy atom. The van der Waals surface area contributed by atoms with Crippen molar-refractivity contribution in [3.63, 3.8) is 0 Å². The maximum atomic E-state index is 13.6. The highest BCUT2D eigenvalue weighted by Gasteiger charge is 2.46. The summed E-state index contributed by atoms with van der Waals surface area (Å²) in [7, 11) is 1.55. The molecule has 0 aromatic heterocycles. The molecule has 1 saturated heterocycles. The van der Waals surface area contributed by atoms with Gasteiger partial charge in [-0.1, -0.05) is 50.2 Å². The number of ether oxygens (including phenoxy) is 3. The molecular weight excluding hydrogens is 532 g/mol. The van der Waals surface area contributed by atoms with Gasteiger partial charge < -0.3 is 29.1 Å². The molecule has 0 spiro atoms. The third-order valence-electron chi connectivity index (χ3n) is 8.00. The summed E-state index contributed by atoms with van der Waals surface area (Å²) < 4.78 is 17.5. The highest BCUT2D eigenvalue weighted by Crippen LogP contribution is 2.43. The minimum atomic E-state index is -0.791. The molecule has 0 radical (unpaired) electrons. The van der Waals surface area contributed by atoms with E-state index in [1.54, 1.807) is 36.3 Å². The second kappa shape index (κ2) is 12.7. The molecule has 0 saturated carbocycles. The molecule has 2 unspecified atom stereocenters. The van der Waals surface area contributed by atoms with Crippen LogP contribution in [0.15, 0.2) is 72.3 Å². The Labute approximate surface area is 247 Å². The van der Waals surface area contributed by atoms with Gasteiger partial charge in [0.2, 0.25) is 0 Å². The van der Waals surface area contributed by atoms with Crippen molar-refractivity contribution < 1.29 is 28.9 Å². The van der Waals surface area contributed by atoms with E-state index in [2.05, 4.69) is 18.7 Å². The van der Waals surface area contributed by atoms with Gasteiger partial charge in [0.05, 0.1) is 18.7 Å². The van der Waals surface area contributed by atoms with Crippen LogP contribution in [0.5, 0.6) is 17.2 Å². The van der Waals surface area contributed by atoms with Crippen LogP contribution in [-0.4, -0.2) is 66.0 Å². The fourth-order valence-electron chi connectivity index (χ4n) is 5.68. The van der Waals surface area contributed by atoms with E-state index in [0.29, 0.717) is 48.7 Å². The number of fused-ring (bicyclic) bond motifs is 1. The quantitative estimate of drug-likeness (QED) is 0.189. The van der Waals surface area contributed by atoms with Crippen molar-refractivity contribution in [1.29, 1.82) is 0 Å². The van der Waals surface area contributed by atoms with E-state index in [-0.39, 0.29) is 17.4 Å². The van der Waals surface area contributed by atoms with Crippen LogP contribution >= 0.6 is 0 Å². The molecule has 3 aromatic carbocycles. The second-order valence-electron chi connectivity index (χ2n) is 10.7. The number of Topliss-reactive ketones (excluding diaryl/α,β-unsaturated/α-hetero) is 1. The van der Waals surface area contributed by atoms with Crippen molar-refractivity contribution in [2.75, 3.05) is 33.3 Å². The van der Waals surface area contributed by atoms with Gasteiger partial charge in [0, 0.05) is 25.1 Å². The van der Waals surface area contributed by atoms with E-state index in [4.69, 9.17) is 14.2 Å². The normalized spacial score (nSPS) is 19.2. The average molecular weight is 571 g/mol. The Bertz CT molecular complexity index is 1480. The lowest BCUT2D eigenvalue weighted by atomic mass is 9.94. The largest absolute Gasteiger partial charge is 0.507 e. The Kier molecular flexibility index (Phi) is 8.83. The molecule has 220 valence electrons. The number of likely N-dealkylation sites (tertiary alicyclic amines) is 1. The minimum Gasteiger partial charge on any atom is -0.507 e.